The van der Waals surface area contributed by atoms with Gasteiger partial charge in [-0.2, -0.15) is 12.5 Å². The van der Waals surface area contributed by atoms with Gasteiger partial charge in [0.25, 0.3) is 0 Å². The van der Waals surface area contributed by atoms with E-state index in [9.17, 15) is 0 Å². The van der Waals surface area contributed by atoms with Crippen LogP contribution in [0, 0.1) is 5.41 Å². The summed E-state index contributed by atoms with van der Waals surface area (Å²) in [5.41, 5.74) is 0.166. The van der Waals surface area contributed by atoms with Crippen LogP contribution in [-0.4, -0.2) is 19.6 Å². The summed E-state index contributed by atoms with van der Waals surface area (Å²) in [6.45, 7) is 5.68. The highest BCUT2D eigenvalue weighted by Crippen LogP contribution is 2.21. The van der Waals surface area contributed by atoms with Gasteiger partial charge < -0.3 is 9.31 Å². The topological polar surface area (TPSA) is 18.5 Å². The van der Waals surface area contributed by atoms with Gasteiger partial charge >= 0.3 is 6.40 Å². The van der Waals surface area contributed by atoms with Crippen molar-refractivity contribution in [2.75, 3.05) is 13.2 Å². The summed E-state index contributed by atoms with van der Waals surface area (Å²) in [5, 5.41) is 0. The number of thiol groups is 1. The predicted octanol–water partition coefficient (Wildman–Crippen LogP) is 0.974. The average Bonchev–Trinajstić information content (AvgIpc) is 1.78. The van der Waals surface area contributed by atoms with Gasteiger partial charge in [-0.3, -0.25) is 0 Å². The fourth-order valence-corrected chi connectivity index (χ4v) is 0.833. The Morgan fingerprint density at radius 1 is 1.33 bits per heavy atom. The number of hydrogen-bond donors (Lipinski definition) is 1. The van der Waals surface area contributed by atoms with E-state index in [1.807, 2.05) is 0 Å². The maximum atomic E-state index is 5.14. The standard InChI is InChI=1S/C5H11BO2S/c1-5(2)3-7-6(9)8-4-5/h9H,3-4H2,1-2H3. The van der Waals surface area contributed by atoms with Crippen molar-refractivity contribution in [1.82, 2.24) is 0 Å². The fraction of sp³-hybridized carbons (Fsp3) is 1.00. The minimum Gasteiger partial charge on any atom is -0.401 e. The molecule has 0 spiro atoms. The first-order valence-electron chi connectivity index (χ1n) is 3.01. The molecule has 1 aliphatic heterocycles. The van der Waals surface area contributed by atoms with Crippen molar-refractivity contribution in [3.63, 3.8) is 0 Å². The molecule has 1 fully saturated rings. The zero-order valence-corrected chi connectivity index (χ0v) is 6.65. The van der Waals surface area contributed by atoms with Crippen LogP contribution in [0.25, 0.3) is 0 Å². The van der Waals surface area contributed by atoms with Crippen molar-refractivity contribution in [2.24, 2.45) is 5.41 Å². The van der Waals surface area contributed by atoms with Crippen LogP contribution >= 0.6 is 12.5 Å². The molecule has 0 radical (unpaired) electrons. The van der Waals surface area contributed by atoms with Gasteiger partial charge in [0.05, 0.1) is 0 Å². The van der Waals surface area contributed by atoms with Crippen molar-refractivity contribution < 1.29 is 9.31 Å². The SMILES string of the molecule is CC1(C)COB(S)OC1. The molecule has 0 aromatic carbocycles. The van der Waals surface area contributed by atoms with Gasteiger partial charge in [0.15, 0.2) is 0 Å². The molecular formula is C5H11BO2S. The quantitative estimate of drug-likeness (QED) is 0.405. The normalized spacial score (nSPS) is 26.3. The van der Waals surface area contributed by atoms with E-state index in [0.717, 1.165) is 13.2 Å². The first-order chi connectivity index (χ1) is 4.10. The Morgan fingerprint density at radius 2 is 1.78 bits per heavy atom. The fourth-order valence-electron chi connectivity index (χ4n) is 0.684. The molecule has 0 aliphatic carbocycles. The molecule has 1 saturated heterocycles. The van der Waals surface area contributed by atoms with Crippen LogP contribution in [0.5, 0.6) is 0 Å². The van der Waals surface area contributed by atoms with Crippen LogP contribution in [0.3, 0.4) is 0 Å². The van der Waals surface area contributed by atoms with Crippen molar-refractivity contribution >= 4 is 18.9 Å². The molecule has 1 heterocycles. The average molecular weight is 146 g/mol. The molecule has 4 heteroatoms. The molecule has 0 bridgehead atoms. The molecule has 52 valence electrons. The van der Waals surface area contributed by atoms with Crippen LogP contribution < -0.4 is 0 Å². The summed E-state index contributed by atoms with van der Waals surface area (Å²) < 4.78 is 10.3. The Labute approximate surface area is 61.4 Å². The third-order valence-electron chi connectivity index (χ3n) is 1.23. The van der Waals surface area contributed by atoms with Crippen molar-refractivity contribution in [2.45, 2.75) is 13.8 Å². The lowest BCUT2D eigenvalue weighted by molar-refractivity contribution is 0.0390. The summed E-state index contributed by atoms with van der Waals surface area (Å²) in [5.74, 6) is 0. The smallest absolute Gasteiger partial charge is 0.401 e. The van der Waals surface area contributed by atoms with Gasteiger partial charge in [0.1, 0.15) is 0 Å². The summed E-state index contributed by atoms with van der Waals surface area (Å²) in [7, 11) is 0. The maximum Gasteiger partial charge on any atom is 0.528 e. The molecule has 0 aromatic rings. The molecule has 9 heavy (non-hydrogen) atoms. The lowest BCUT2D eigenvalue weighted by Crippen LogP contribution is -2.37. The van der Waals surface area contributed by atoms with Gasteiger partial charge in [-0.05, 0) is 0 Å². The molecule has 0 N–H and O–H groups in total. The third kappa shape index (κ3) is 2.20. The summed E-state index contributed by atoms with van der Waals surface area (Å²) in [6.07, 6.45) is -0.307. The molecule has 1 aliphatic rings. The highest BCUT2D eigenvalue weighted by molar-refractivity contribution is 8.08. The highest BCUT2D eigenvalue weighted by atomic mass is 32.1. The van der Waals surface area contributed by atoms with Crippen LogP contribution in [0.1, 0.15) is 13.8 Å². The van der Waals surface area contributed by atoms with Gasteiger partial charge in [0.2, 0.25) is 0 Å². The number of hydrogen-bond acceptors (Lipinski definition) is 3. The largest absolute Gasteiger partial charge is 0.528 e. The second-order valence-electron chi connectivity index (χ2n) is 3.09. The zero-order chi connectivity index (χ0) is 6.91. The van der Waals surface area contributed by atoms with Crippen LogP contribution in [0.15, 0.2) is 0 Å². The van der Waals surface area contributed by atoms with Crippen molar-refractivity contribution in [3.05, 3.63) is 0 Å². The van der Waals surface area contributed by atoms with E-state index in [1.165, 1.54) is 0 Å². The summed E-state index contributed by atoms with van der Waals surface area (Å²) in [6, 6.07) is 0. The van der Waals surface area contributed by atoms with E-state index in [2.05, 4.69) is 26.3 Å². The van der Waals surface area contributed by atoms with E-state index in [0.29, 0.717) is 0 Å². The molecule has 0 aromatic heterocycles. The Kier molecular flexibility index (Phi) is 2.09. The minimum atomic E-state index is -0.307. The molecule has 0 atom stereocenters. The lowest BCUT2D eigenvalue weighted by atomic mass is 9.94. The van der Waals surface area contributed by atoms with E-state index < -0.39 is 0 Å². The van der Waals surface area contributed by atoms with Crippen LogP contribution in [0.4, 0.5) is 0 Å². The first-order valence-corrected chi connectivity index (χ1v) is 3.53. The van der Waals surface area contributed by atoms with Crippen molar-refractivity contribution in [1.29, 1.82) is 0 Å². The van der Waals surface area contributed by atoms with Gasteiger partial charge in [0, 0.05) is 18.6 Å². The second kappa shape index (κ2) is 2.52. The maximum absolute atomic E-state index is 5.14. The Morgan fingerprint density at radius 3 is 2.11 bits per heavy atom. The van der Waals surface area contributed by atoms with E-state index in [-0.39, 0.29) is 11.8 Å². The molecular weight excluding hydrogens is 135 g/mol. The second-order valence-corrected chi connectivity index (χ2v) is 3.51. The van der Waals surface area contributed by atoms with Crippen molar-refractivity contribution in [3.8, 4) is 0 Å². The number of rotatable bonds is 0. The minimum absolute atomic E-state index is 0.166. The zero-order valence-electron chi connectivity index (χ0n) is 5.76. The van der Waals surface area contributed by atoms with E-state index >= 15 is 0 Å². The Balaban J connectivity index is 2.35. The van der Waals surface area contributed by atoms with Crippen LogP contribution in [0.2, 0.25) is 0 Å². The molecule has 0 saturated carbocycles. The summed E-state index contributed by atoms with van der Waals surface area (Å²) in [4.78, 5) is 0. The molecule has 0 amide bonds. The van der Waals surface area contributed by atoms with Gasteiger partial charge in [-0.1, -0.05) is 13.8 Å². The van der Waals surface area contributed by atoms with Gasteiger partial charge in [-0.15, -0.1) is 0 Å². The first kappa shape index (κ1) is 7.44. The Hall–Kier alpha value is 0.335. The molecule has 1 rings (SSSR count). The lowest BCUT2D eigenvalue weighted by Gasteiger charge is -2.31. The monoisotopic (exact) mass is 146 g/mol. The predicted molar refractivity (Wildman–Crippen MR) is 40.4 cm³/mol. The Bertz CT molecular complexity index is 97.1. The molecule has 2 nitrogen and oxygen atoms in total. The van der Waals surface area contributed by atoms with Gasteiger partial charge in [-0.25, -0.2) is 0 Å². The van der Waals surface area contributed by atoms with Crippen LogP contribution in [-0.2, 0) is 9.31 Å². The highest BCUT2D eigenvalue weighted by Gasteiger charge is 2.29. The summed E-state index contributed by atoms with van der Waals surface area (Å²) >= 11 is 3.99. The molecule has 0 unspecified atom stereocenters. The van der Waals surface area contributed by atoms with E-state index in [4.69, 9.17) is 9.31 Å². The van der Waals surface area contributed by atoms with E-state index in [1.54, 1.807) is 0 Å². The third-order valence-corrected chi connectivity index (χ3v) is 1.53.